The maximum Gasteiger partial charge on any atom is 0.270 e. The Morgan fingerprint density at radius 1 is 1.26 bits per heavy atom. The van der Waals surface area contributed by atoms with Crippen molar-refractivity contribution in [3.63, 3.8) is 0 Å². The molecule has 158 valence electrons. The fourth-order valence-electron chi connectivity index (χ4n) is 3.46. The molecule has 4 aromatic rings. The van der Waals surface area contributed by atoms with Crippen LogP contribution in [-0.4, -0.2) is 37.9 Å². The van der Waals surface area contributed by atoms with Crippen molar-refractivity contribution in [2.45, 2.75) is 25.0 Å². The molecule has 1 saturated carbocycles. The number of nitrogens with one attached hydrogen (secondary N) is 1. The van der Waals surface area contributed by atoms with Crippen molar-refractivity contribution in [3.8, 4) is 22.6 Å². The van der Waals surface area contributed by atoms with Gasteiger partial charge >= 0.3 is 0 Å². The number of benzene rings is 1. The summed E-state index contributed by atoms with van der Waals surface area (Å²) in [5.74, 6) is -0.512. The number of hydrogen-bond acceptors (Lipinski definition) is 6. The number of nitrogens with zero attached hydrogens (tertiary/aromatic N) is 3. The van der Waals surface area contributed by atoms with E-state index in [0.29, 0.717) is 23.3 Å². The summed E-state index contributed by atoms with van der Waals surface area (Å²) in [6, 6.07) is 7.73. The van der Waals surface area contributed by atoms with Gasteiger partial charge < -0.3 is 15.2 Å². The van der Waals surface area contributed by atoms with Crippen LogP contribution in [0.3, 0.4) is 0 Å². The molecule has 2 atom stereocenters. The highest BCUT2D eigenvalue weighted by molar-refractivity contribution is 7.17. The second-order valence-corrected chi connectivity index (χ2v) is 8.43. The molecule has 1 unspecified atom stereocenters. The van der Waals surface area contributed by atoms with Crippen LogP contribution >= 0.6 is 11.3 Å². The van der Waals surface area contributed by atoms with Crippen LogP contribution < -0.4 is 10.1 Å². The Bertz CT molecular complexity index is 1280. The minimum atomic E-state index is -0.531. The van der Waals surface area contributed by atoms with Crippen molar-refractivity contribution in [2.24, 2.45) is 7.05 Å². The summed E-state index contributed by atoms with van der Waals surface area (Å²) < 4.78 is 23.1. The number of rotatable bonds is 5. The van der Waals surface area contributed by atoms with Gasteiger partial charge in [-0.2, -0.15) is 5.10 Å². The number of hydrogen-bond donors (Lipinski definition) is 2. The molecule has 2 N–H and O–H groups in total. The van der Waals surface area contributed by atoms with E-state index < -0.39 is 17.8 Å². The summed E-state index contributed by atoms with van der Waals surface area (Å²) in [6.07, 6.45) is 4.34. The highest BCUT2D eigenvalue weighted by atomic mass is 32.1. The molecule has 5 rings (SSSR count). The smallest absolute Gasteiger partial charge is 0.270 e. The number of aliphatic hydroxyl groups excluding tert-OH is 1. The first kappa shape index (κ1) is 19.7. The van der Waals surface area contributed by atoms with Crippen LogP contribution in [0.1, 0.15) is 23.3 Å². The number of halogens is 1. The van der Waals surface area contributed by atoms with Crippen LogP contribution in [0.2, 0.25) is 0 Å². The van der Waals surface area contributed by atoms with E-state index in [1.54, 1.807) is 42.3 Å². The Balaban J connectivity index is 1.44. The third kappa shape index (κ3) is 3.77. The normalized spacial score (nSPS) is 18.0. The molecule has 3 heterocycles. The minimum absolute atomic E-state index is 0.0503. The molecule has 3 aromatic heterocycles. The molecule has 9 heteroatoms. The summed E-state index contributed by atoms with van der Waals surface area (Å²) in [4.78, 5) is 17.0. The zero-order valence-electron chi connectivity index (χ0n) is 16.6. The monoisotopic (exact) mass is 438 g/mol. The fraction of sp³-hybridized carbons (Fsp3) is 0.227. The van der Waals surface area contributed by atoms with Gasteiger partial charge in [-0.25, -0.2) is 9.37 Å². The maximum absolute atomic E-state index is 14.8. The number of fused-ring (bicyclic) bond motifs is 1. The van der Waals surface area contributed by atoms with E-state index in [-0.39, 0.29) is 17.5 Å². The average Bonchev–Trinajstić information content (AvgIpc) is 3.41. The van der Waals surface area contributed by atoms with Gasteiger partial charge in [-0.05, 0) is 42.0 Å². The number of aromatic nitrogens is 3. The third-order valence-corrected chi connectivity index (χ3v) is 6.27. The largest absolute Gasteiger partial charge is 0.453 e. The number of ether oxygens (including phenoxy) is 1. The van der Waals surface area contributed by atoms with Gasteiger partial charge in [0, 0.05) is 24.9 Å². The van der Waals surface area contributed by atoms with Gasteiger partial charge in [-0.3, -0.25) is 9.48 Å². The molecule has 0 radical (unpaired) electrons. The molecule has 0 bridgehead atoms. The van der Waals surface area contributed by atoms with Gasteiger partial charge in [0.05, 0.1) is 28.6 Å². The molecule has 1 aliphatic carbocycles. The van der Waals surface area contributed by atoms with E-state index in [1.165, 1.54) is 23.5 Å². The number of aliphatic hydroxyl groups is 1. The van der Waals surface area contributed by atoms with Gasteiger partial charge in [0.2, 0.25) is 0 Å². The quantitative estimate of drug-likeness (QED) is 0.494. The molecule has 1 fully saturated rings. The Labute approximate surface area is 181 Å². The first-order valence-corrected chi connectivity index (χ1v) is 10.7. The van der Waals surface area contributed by atoms with Crippen molar-refractivity contribution in [1.29, 1.82) is 0 Å². The fourth-order valence-corrected chi connectivity index (χ4v) is 4.25. The summed E-state index contributed by atoms with van der Waals surface area (Å²) in [5, 5.41) is 18.5. The van der Waals surface area contributed by atoms with E-state index in [9.17, 15) is 14.3 Å². The second kappa shape index (κ2) is 7.75. The minimum Gasteiger partial charge on any atom is -0.453 e. The van der Waals surface area contributed by atoms with E-state index in [2.05, 4.69) is 15.4 Å². The summed E-state index contributed by atoms with van der Waals surface area (Å²) in [5.41, 5.74) is 2.24. The van der Waals surface area contributed by atoms with E-state index >= 15 is 0 Å². The number of pyridine rings is 1. The predicted molar refractivity (Wildman–Crippen MR) is 115 cm³/mol. The molecule has 31 heavy (non-hydrogen) atoms. The average molecular weight is 438 g/mol. The SMILES string of the molecule is Cn1cc(-c2ccc(Oc3cc(C(=O)NC4CC[C@H]4O)nc4ccsc34)c(F)c2)cn1. The van der Waals surface area contributed by atoms with Crippen LogP contribution in [0.25, 0.3) is 21.3 Å². The summed E-state index contributed by atoms with van der Waals surface area (Å²) >= 11 is 1.40. The maximum atomic E-state index is 14.8. The molecule has 0 saturated heterocycles. The number of thiophene rings is 1. The second-order valence-electron chi connectivity index (χ2n) is 7.52. The number of aryl methyl sites for hydroxylation is 1. The summed E-state index contributed by atoms with van der Waals surface area (Å²) in [7, 11) is 1.80. The van der Waals surface area contributed by atoms with Gasteiger partial charge in [0.25, 0.3) is 5.91 Å². The highest BCUT2D eigenvalue weighted by Crippen LogP contribution is 2.36. The topological polar surface area (TPSA) is 89.3 Å². The highest BCUT2D eigenvalue weighted by Gasteiger charge is 2.31. The van der Waals surface area contributed by atoms with Crippen LogP contribution in [0.5, 0.6) is 11.5 Å². The van der Waals surface area contributed by atoms with Crippen LogP contribution in [0, 0.1) is 5.82 Å². The zero-order valence-corrected chi connectivity index (χ0v) is 17.4. The van der Waals surface area contributed by atoms with E-state index in [1.807, 2.05) is 5.38 Å². The lowest BCUT2D eigenvalue weighted by molar-refractivity contribution is 0.0445. The number of carbonyl (C=O) groups excluding carboxylic acids is 1. The Hall–Kier alpha value is -3.30. The van der Waals surface area contributed by atoms with Crippen molar-refractivity contribution in [3.05, 3.63) is 59.6 Å². The molecular weight excluding hydrogens is 419 g/mol. The Morgan fingerprint density at radius 3 is 2.81 bits per heavy atom. The van der Waals surface area contributed by atoms with Crippen LogP contribution in [0.15, 0.2) is 48.1 Å². The van der Waals surface area contributed by atoms with Gasteiger partial charge in [-0.1, -0.05) is 6.07 Å². The van der Waals surface area contributed by atoms with E-state index in [4.69, 9.17) is 4.74 Å². The first-order valence-electron chi connectivity index (χ1n) is 9.81. The van der Waals surface area contributed by atoms with Crippen LogP contribution in [-0.2, 0) is 7.05 Å². The Morgan fingerprint density at radius 2 is 2.13 bits per heavy atom. The van der Waals surface area contributed by atoms with Crippen molar-refractivity contribution in [1.82, 2.24) is 20.1 Å². The standard InChI is InChI=1S/C22H19FN4O3S/c1-27-11-13(10-24-27)12-2-5-19(14(23)8-12)30-20-9-17(25-16-6-7-31-21(16)20)22(29)26-15-3-4-18(15)28/h2,5-11,15,18,28H,3-4H2,1H3,(H,26,29)/t15?,18-/m1/s1. The van der Waals surface area contributed by atoms with Crippen molar-refractivity contribution < 1.29 is 19.0 Å². The van der Waals surface area contributed by atoms with Crippen molar-refractivity contribution >= 4 is 27.5 Å². The molecule has 0 aliphatic heterocycles. The number of amides is 1. The molecule has 1 amide bonds. The lowest BCUT2D eigenvalue weighted by Crippen LogP contribution is -2.50. The number of carbonyl (C=O) groups is 1. The van der Waals surface area contributed by atoms with E-state index in [0.717, 1.165) is 16.7 Å². The van der Waals surface area contributed by atoms with Crippen LogP contribution in [0.4, 0.5) is 4.39 Å². The molecular formula is C22H19FN4O3S. The lowest BCUT2D eigenvalue weighted by atomic mass is 9.89. The Kier molecular flexibility index (Phi) is 4.91. The predicted octanol–water partition coefficient (Wildman–Crippen LogP) is 3.88. The van der Waals surface area contributed by atoms with Gasteiger partial charge in [0.1, 0.15) is 11.4 Å². The van der Waals surface area contributed by atoms with Crippen molar-refractivity contribution in [2.75, 3.05) is 0 Å². The first-order chi connectivity index (χ1) is 15.0. The lowest BCUT2D eigenvalue weighted by Gasteiger charge is -2.32. The molecule has 1 aliphatic rings. The molecule has 1 aromatic carbocycles. The molecule has 0 spiro atoms. The zero-order chi connectivity index (χ0) is 21.5. The third-order valence-electron chi connectivity index (χ3n) is 5.35. The van der Waals surface area contributed by atoms with Gasteiger partial charge in [0.15, 0.2) is 11.6 Å². The van der Waals surface area contributed by atoms with Gasteiger partial charge in [-0.15, -0.1) is 11.3 Å². The summed E-state index contributed by atoms with van der Waals surface area (Å²) in [6.45, 7) is 0. The molecule has 7 nitrogen and oxygen atoms in total.